The lowest BCUT2D eigenvalue weighted by molar-refractivity contribution is -0.116. The normalized spacial score (nSPS) is 12.6. The summed E-state index contributed by atoms with van der Waals surface area (Å²) in [6.07, 6.45) is 0. The number of rotatable bonds is 3. The highest BCUT2D eigenvalue weighted by Crippen LogP contribution is 2.31. The lowest BCUT2D eigenvalue weighted by Gasteiger charge is -2.09. The van der Waals surface area contributed by atoms with Crippen molar-refractivity contribution in [2.75, 3.05) is 0 Å². The fraction of sp³-hybridized carbons (Fsp3) is 0.300. The van der Waals surface area contributed by atoms with Crippen LogP contribution in [0.2, 0.25) is 0 Å². The third kappa shape index (κ3) is 2.91. The molecule has 1 aromatic carbocycles. The molecule has 0 saturated carbocycles. The molecule has 0 aliphatic carbocycles. The van der Waals surface area contributed by atoms with Crippen molar-refractivity contribution in [1.29, 1.82) is 0 Å². The van der Waals surface area contributed by atoms with Gasteiger partial charge in [-0.15, -0.1) is 0 Å². The van der Waals surface area contributed by atoms with Crippen molar-refractivity contribution in [3.05, 3.63) is 33.8 Å². The molecule has 76 valence electrons. The minimum absolute atomic E-state index is 0.109. The van der Waals surface area contributed by atoms with Crippen LogP contribution >= 0.6 is 47.8 Å². The van der Waals surface area contributed by atoms with Crippen LogP contribution in [0, 0.1) is 0 Å². The van der Waals surface area contributed by atoms with Gasteiger partial charge in [0.1, 0.15) is 5.78 Å². The van der Waals surface area contributed by atoms with Gasteiger partial charge in [-0.25, -0.2) is 0 Å². The smallest absolute Gasteiger partial charge is 0.147 e. The first-order valence-electron chi connectivity index (χ1n) is 4.05. The minimum Gasteiger partial charge on any atom is -0.298 e. The first-order valence-corrected chi connectivity index (χ1v) is 6.88. The van der Waals surface area contributed by atoms with E-state index in [0.29, 0.717) is 0 Å². The van der Waals surface area contributed by atoms with Crippen LogP contribution in [0.3, 0.4) is 0 Å². The van der Waals surface area contributed by atoms with E-state index < -0.39 is 0 Å². The first-order chi connectivity index (χ1) is 6.56. The molecule has 1 nitrogen and oxygen atoms in total. The summed E-state index contributed by atoms with van der Waals surface area (Å²) >= 11 is 10.2. The van der Waals surface area contributed by atoms with Crippen LogP contribution in [0.15, 0.2) is 22.7 Å². The summed E-state index contributed by atoms with van der Waals surface area (Å²) < 4.78 is 0.964. The second-order valence-electron chi connectivity index (χ2n) is 2.96. The predicted octanol–water partition coefficient (Wildman–Crippen LogP) is 4.37. The molecule has 1 rings (SSSR count). The first kappa shape index (κ1) is 12.4. The number of halogens is 3. The Labute approximate surface area is 109 Å². The number of carbonyl (C=O) groups is 1. The monoisotopic (exact) mass is 382 g/mol. The number of hydrogen-bond acceptors (Lipinski definition) is 1. The van der Waals surface area contributed by atoms with Crippen LogP contribution in [0.5, 0.6) is 0 Å². The average molecular weight is 385 g/mol. The zero-order valence-corrected chi connectivity index (χ0v) is 12.3. The Morgan fingerprint density at radius 1 is 1.50 bits per heavy atom. The Kier molecular flexibility index (Phi) is 4.80. The molecule has 1 unspecified atom stereocenters. The standard InChI is InChI=1S/C10H9Br3O/c1-6(14)10(13)8-3-2-7(5-11)4-9(8)12/h2-4,10H,5H2,1H3. The average Bonchev–Trinajstić information content (AvgIpc) is 2.16. The lowest BCUT2D eigenvalue weighted by atomic mass is 10.1. The van der Waals surface area contributed by atoms with E-state index in [9.17, 15) is 4.79 Å². The molecule has 0 aliphatic rings. The molecule has 0 saturated heterocycles. The van der Waals surface area contributed by atoms with Crippen LogP contribution in [0.4, 0.5) is 0 Å². The molecule has 1 aromatic rings. The van der Waals surface area contributed by atoms with Gasteiger partial charge in [-0.05, 0) is 24.1 Å². The number of alkyl halides is 2. The van der Waals surface area contributed by atoms with Crippen molar-refractivity contribution in [3.8, 4) is 0 Å². The number of hydrogen-bond donors (Lipinski definition) is 0. The number of ketones is 1. The Hall–Kier alpha value is 0.330. The van der Waals surface area contributed by atoms with Gasteiger partial charge in [0.25, 0.3) is 0 Å². The van der Waals surface area contributed by atoms with Crippen LogP contribution in [0.25, 0.3) is 0 Å². The van der Waals surface area contributed by atoms with Crippen molar-refractivity contribution in [2.45, 2.75) is 17.1 Å². The quantitative estimate of drug-likeness (QED) is 0.707. The Morgan fingerprint density at radius 2 is 2.14 bits per heavy atom. The fourth-order valence-corrected chi connectivity index (χ4v) is 2.79. The van der Waals surface area contributed by atoms with Gasteiger partial charge in [-0.3, -0.25) is 4.79 Å². The second kappa shape index (κ2) is 5.42. The highest BCUT2D eigenvalue weighted by atomic mass is 79.9. The summed E-state index contributed by atoms with van der Waals surface area (Å²) in [6.45, 7) is 1.57. The molecule has 0 aliphatic heterocycles. The Morgan fingerprint density at radius 3 is 2.57 bits per heavy atom. The third-order valence-electron chi connectivity index (χ3n) is 1.85. The van der Waals surface area contributed by atoms with Gasteiger partial charge < -0.3 is 0 Å². The number of carbonyl (C=O) groups excluding carboxylic acids is 1. The van der Waals surface area contributed by atoms with Crippen LogP contribution in [-0.2, 0) is 10.1 Å². The molecule has 4 heteroatoms. The maximum Gasteiger partial charge on any atom is 0.147 e. The summed E-state index contributed by atoms with van der Waals surface area (Å²) in [5, 5.41) is 0.818. The molecular formula is C10H9Br3O. The van der Waals surface area contributed by atoms with Gasteiger partial charge in [0.2, 0.25) is 0 Å². The summed E-state index contributed by atoms with van der Waals surface area (Å²) in [5.74, 6) is 0.109. The molecule has 0 fully saturated rings. The van der Waals surface area contributed by atoms with E-state index in [1.54, 1.807) is 6.92 Å². The van der Waals surface area contributed by atoms with E-state index in [1.165, 1.54) is 5.56 Å². The van der Waals surface area contributed by atoms with Gasteiger partial charge in [0.05, 0.1) is 4.83 Å². The number of benzene rings is 1. The van der Waals surface area contributed by atoms with Gasteiger partial charge >= 0.3 is 0 Å². The molecular weight excluding hydrogens is 376 g/mol. The van der Waals surface area contributed by atoms with Gasteiger partial charge in [-0.2, -0.15) is 0 Å². The Bertz CT molecular complexity index is 349. The van der Waals surface area contributed by atoms with E-state index in [0.717, 1.165) is 15.4 Å². The highest BCUT2D eigenvalue weighted by Gasteiger charge is 2.15. The van der Waals surface area contributed by atoms with E-state index >= 15 is 0 Å². The molecule has 1 atom stereocenters. The molecule has 14 heavy (non-hydrogen) atoms. The van der Waals surface area contributed by atoms with Crippen molar-refractivity contribution < 1.29 is 4.79 Å². The maximum absolute atomic E-state index is 11.2. The topological polar surface area (TPSA) is 17.1 Å². The van der Waals surface area contributed by atoms with Crippen LogP contribution in [0.1, 0.15) is 22.9 Å². The van der Waals surface area contributed by atoms with Crippen LogP contribution < -0.4 is 0 Å². The zero-order valence-electron chi connectivity index (χ0n) is 7.56. The van der Waals surface area contributed by atoms with E-state index in [2.05, 4.69) is 47.8 Å². The van der Waals surface area contributed by atoms with Crippen molar-refractivity contribution >= 4 is 53.6 Å². The van der Waals surface area contributed by atoms with Crippen molar-refractivity contribution in [3.63, 3.8) is 0 Å². The van der Waals surface area contributed by atoms with E-state index in [1.807, 2.05) is 18.2 Å². The molecule has 0 amide bonds. The molecule has 0 bridgehead atoms. The lowest BCUT2D eigenvalue weighted by Crippen LogP contribution is -2.02. The van der Waals surface area contributed by atoms with Crippen molar-refractivity contribution in [2.24, 2.45) is 0 Å². The molecule has 0 radical (unpaired) electrons. The summed E-state index contributed by atoms with van der Waals surface area (Å²) in [5.41, 5.74) is 2.16. The zero-order chi connectivity index (χ0) is 10.7. The maximum atomic E-state index is 11.2. The van der Waals surface area contributed by atoms with Gasteiger partial charge in [0.15, 0.2) is 0 Å². The van der Waals surface area contributed by atoms with Crippen molar-refractivity contribution in [1.82, 2.24) is 0 Å². The highest BCUT2D eigenvalue weighted by molar-refractivity contribution is 9.11. The largest absolute Gasteiger partial charge is 0.298 e. The fourth-order valence-electron chi connectivity index (χ4n) is 1.08. The third-order valence-corrected chi connectivity index (χ3v) is 4.32. The summed E-state index contributed by atoms with van der Waals surface area (Å²) in [7, 11) is 0. The number of Topliss-reactive ketones (excluding diaryl/α,β-unsaturated/α-hetero) is 1. The minimum atomic E-state index is -0.221. The molecule has 0 spiro atoms. The van der Waals surface area contributed by atoms with Crippen LogP contribution in [-0.4, -0.2) is 5.78 Å². The van der Waals surface area contributed by atoms with Gasteiger partial charge in [0, 0.05) is 9.80 Å². The SMILES string of the molecule is CC(=O)C(Br)c1ccc(CBr)cc1Br. The summed E-state index contributed by atoms with van der Waals surface area (Å²) in [6, 6.07) is 5.98. The van der Waals surface area contributed by atoms with E-state index in [-0.39, 0.29) is 10.6 Å². The summed E-state index contributed by atoms with van der Waals surface area (Å²) in [4.78, 5) is 11.0. The second-order valence-corrected chi connectivity index (χ2v) is 5.29. The van der Waals surface area contributed by atoms with E-state index in [4.69, 9.17) is 0 Å². The molecule has 0 aromatic heterocycles. The Balaban J connectivity index is 3.05. The predicted molar refractivity (Wildman–Crippen MR) is 69.1 cm³/mol. The molecule has 0 N–H and O–H groups in total. The molecule has 0 heterocycles. The van der Waals surface area contributed by atoms with Gasteiger partial charge in [-0.1, -0.05) is 59.9 Å².